The van der Waals surface area contributed by atoms with Crippen molar-refractivity contribution in [2.24, 2.45) is 0 Å². The molecule has 4 fully saturated rings. The molecular weight excluding hydrogens is 963 g/mol. The molecule has 74 heavy (non-hydrogen) atoms. The largest absolute Gasteiger partial charge is 2.00 e. The van der Waals surface area contributed by atoms with Gasteiger partial charge in [-0.15, -0.1) is 22.9 Å². The van der Waals surface area contributed by atoms with E-state index in [9.17, 15) is 0 Å². The number of fused-ring (bicyclic) bond motifs is 8. The number of rotatable bonds is 12. The molecule has 2 N–H and O–H groups in total. The topological polar surface area (TPSA) is 57.4 Å². The van der Waals surface area contributed by atoms with Gasteiger partial charge >= 0.3 is 70.9 Å². The molecule has 0 spiro atoms. The van der Waals surface area contributed by atoms with Gasteiger partial charge in [0, 0.05) is 44.3 Å². The molecule has 20 radical (unpaired) electrons. The molecule has 8 unspecified atom stereocenters. The normalized spacial score (nSPS) is 26.3. The first-order valence-electron chi connectivity index (χ1n) is 24.8. The number of H-pyrrole nitrogens is 2. The molecule has 0 amide bonds. The predicted molar refractivity (Wildman–Crippen MR) is 310 cm³/mol. The summed E-state index contributed by atoms with van der Waals surface area (Å²) in [6, 6.07) is 42.8. The van der Waals surface area contributed by atoms with Crippen LogP contribution in [0.15, 0.2) is 121 Å². The standard InChI is InChI=1S/C56H38B12N4.K.Zn/c57-49-53(61,65-49)25-29-5-1-9-33(21-29)45-37-13-15-39(69-37)46(34-10-2-6-30(22-34)26-54(62)50(58)66-54)41-17-19-43(71-41)48(36-12-4-8-32(24-36)28-56(64)52(60)68-56)44-20-18-42(72-44)47(40-16-14-38(45)70-40)35-11-3-7-31(23-35)27-55(63)51(59)67-55;;/h1-24,49-52,69-70H,25-28H2;;/q;+1;+2. The van der Waals surface area contributed by atoms with Gasteiger partial charge in [0.15, 0.2) is 0 Å². The molecule has 8 bridgehead atoms. The van der Waals surface area contributed by atoms with E-state index in [2.05, 4.69) is 156 Å². The Hall–Kier alpha value is -3.48. The van der Waals surface area contributed by atoms with Gasteiger partial charge in [-0.1, -0.05) is 118 Å². The van der Waals surface area contributed by atoms with E-state index in [0.29, 0.717) is 25.7 Å². The molecule has 13 rings (SSSR count). The molecule has 4 nitrogen and oxygen atoms in total. The Bertz CT molecular complexity index is 3490. The van der Waals surface area contributed by atoms with Gasteiger partial charge in [0.25, 0.3) is 0 Å². The van der Waals surface area contributed by atoms with Crippen molar-refractivity contribution in [3.8, 4) is 44.5 Å². The zero-order valence-corrected chi connectivity index (χ0v) is 47.6. The fraction of sp³-hybridized carbons (Fsp3) is 0.214. The average molecular weight is 1000 g/mol. The summed E-state index contributed by atoms with van der Waals surface area (Å²) in [5.41, 5.74) is 18.3. The van der Waals surface area contributed by atoms with E-state index < -0.39 is 20.9 Å². The minimum atomic E-state index is -0.545. The van der Waals surface area contributed by atoms with Crippen molar-refractivity contribution in [3.63, 3.8) is 0 Å². The molecule has 9 heterocycles. The molecule has 8 atom stereocenters. The first-order valence-corrected chi connectivity index (χ1v) is 24.8. The summed E-state index contributed by atoms with van der Waals surface area (Å²) >= 11 is 0. The van der Waals surface area contributed by atoms with Crippen LogP contribution in [0, 0.1) is 0 Å². The summed E-state index contributed by atoms with van der Waals surface area (Å²) in [5, 5.41) is -2.16. The van der Waals surface area contributed by atoms with E-state index in [1.54, 1.807) is 0 Å². The maximum absolute atomic E-state index is 6.69. The van der Waals surface area contributed by atoms with Crippen LogP contribution in [-0.4, -0.2) is 112 Å². The third-order valence-electron chi connectivity index (χ3n) is 15.7. The SMILES string of the molecule is [B]C1[B]C1([B])Cc1cccc(-c2c3nc(c(-c4cccc(CC5([B])[B]C5[B])c4)c4ccc([nH]4)c(-c4cccc(CC5([B])[B]C5[B])c4)c4ccc([nH]4)c(-c4cccc(CC5([B])[B]C5[B])c4)c4nc2C=C4)C=C3)c1.[K+].[Zn+2]. The van der Waals surface area contributed by atoms with E-state index in [-0.39, 0.29) is 93.7 Å². The molecule has 4 saturated heterocycles. The van der Waals surface area contributed by atoms with E-state index in [1.807, 2.05) is 29.1 Å². The van der Waals surface area contributed by atoms with Gasteiger partial charge in [0.1, 0.15) is 0 Å². The van der Waals surface area contributed by atoms with Crippen LogP contribution in [-0.2, 0) is 45.2 Å². The van der Waals surface area contributed by atoms with Crippen LogP contribution in [0.2, 0.25) is 43.7 Å². The van der Waals surface area contributed by atoms with Crippen LogP contribution in [0.1, 0.15) is 45.0 Å². The van der Waals surface area contributed by atoms with Crippen LogP contribution < -0.4 is 51.4 Å². The Kier molecular flexibility index (Phi) is 14.0. The number of aromatic amines is 2. The van der Waals surface area contributed by atoms with Crippen molar-refractivity contribution in [1.82, 2.24) is 19.9 Å². The van der Waals surface area contributed by atoms with E-state index >= 15 is 0 Å². The fourth-order valence-electron chi connectivity index (χ4n) is 11.0. The molecule has 318 valence electrons. The third kappa shape index (κ3) is 10.0. The zero-order valence-electron chi connectivity index (χ0n) is 41.5. The minimum absolute atomic E-state index is 0. The molecule has 18 heteroatoms. The number of hydrogen-bond acceptors (Lipinski definition) is 2. The number of aromatic nitrogens is 4. The van der Waals surface area contributed by atoms with Crippen molar-refractivity contribution < 1.29 is 70.9 Å². The van der Waals surface area contributed by atoms with E-state index in [0.717, 1.165) is 112 Å². The second kappa shape index (κ2) is 19.8. The summed E-state index contributed by atoms with van der Waals surface area (Å²) in [7, 11) is 59.9. The Morgan fingerprint density at radius 3 is 0.905 bits per heavy atom. The molecule has 6 aliphatic heterocycles. The summed E-state index contributed by atoms with van der Waals surface area (Å²) in [6.45, 7) is 0. The smallest absolute Gasteiger partial charge is 0.354 e. The van der Waals surface area contributed by atoms with Crippen LogP contribution in [0.5, 0.6) is 0 Å². The second-order valence-electron chi connectivity index (χ2n) is 21.2. The molecule has 6 aliphatic rings. The second-order valence-corrected chi connectivity index (χ2v) is 21.2. The third-order valence-corrected chi connectivity index (χ3v) is 15.7. The van der Waals surface area contributed by atoms with Gasteiger partial charge in [-0.2, -0.15) is 0 Å². The quantitative estimate of drug-likeness (QED) is 0.144. The molecule has 0 saturated carbocycles. The van der Waals surface area contributed by atoms with Crippen molar-refractivity contribution >= 4 is 138 Å². The minimum Gasteiger partial charge on any atom is -0.354 e. The summed E-state index contributed by atoms with van der Waals surface area (Å²) in [5.74, 6) is 0. The molecular formula is C56H38B12KN4Zn+3. The fourth-order valence-corrected chi connectivity index (χ4v) is 11.0. The van der Waals surface area contributed by atoms with Gasteiger partial charge in [-0.05, 0) is 119 Å². The zero-order chi connectivity index (χ0) is 49.3. The first-order chi connectivity index (χ1) is 34.6. The predicted octanol–water partition coefficient (Wildman–Crippen LogP) is 6.16. The summed E-state index contributed by atoms with van der Waals surface area (Å²) in [4.78, 5) is 18.9. The van der Waals surface area contributed by atoms with Gasteiger partial charge in [0.05, 0.1) is 115 Å². The van der Waals surface area contributed by atoms with E-state index in [4.69, 9.17) is 72.7 Å². The number of hydrogen-bond donors (Lipinski definition) is 2. The van der Waals surface area contributed by atoms with E-state index in [1.165, 1.54) is 0 Å². The van der Waals surface area contributed by atoms with Crippen molar-refractivity contribution in [1.29, 1.82) is 0 Å². The van der Waals surface area contributed by atoms with Crippen molar-refractivity contribution in [2.45, 2.75) is 69.4 Å². The molecule has 7 aromatic rings. The number of nitrogens with one attached hydrogen (secondary N) is 2. The summed E-state index contributed by atoms with van der Waals surface area (Å²) in [6.07, 6.45) is 10.9. The maximum atomic E-state index is 6.69. The van der Waals surface area contributed by atoms with Gasteiger partial charge < -0.3 is 9.97 Å². The van der Waals surface area contributed by atoms with Crippen molar-refractivity contribution in [2.75, 3.05) is 0 Å². The van der Waals surface area contributed by atoms with Crippen molar-refractivity contribution in [3.05, 3.63) is 166 Å². The van der Waals surface area contributed by atoms with Crippen LogP contribution in [0.25, 0.3) is 90.9 Å². The average Bonchev–Trinajstić information content (AvgIpc) is 4.05. The number of benzene rings is 4. The van der Waals surface area contributed by atoms with Crippen LogP contribution in [0.4, 0.5) is 0 Å². The van der Waals surface area contributed by atoms with Gasteiger partial charge in [0.2, 0.25) is 0 Å². The Labute approximate surface area is 503 Å². The van der Waals surface area contributed by atoms with Gasteiger partial charge in [-0.3, -0.25) is 0 Å². The Balaban J connectivity index is 0.00000294. The molecule has 3 aromatic heterocycles. The molecule has 4 aromatic carbocycles. The first kappa shape index (κ1) is 52.6. The number of nitrogens with zero attached hydrogens (tertiary/aromatic N) is 2. The van der Waals surface area contributed by atoms with Crippen LogP contribution in [0.3, 0.4) is 0 Å². The summed E-state index contributed by atoms with van der Waals surface area (Å²) < 4.78 is 0. The Morgan fingerprint density at radius 1 is 0.378 bits per heavy atom. The van der Waals surface area contributed by atoms with Gasteiger partial charge in [-0.25, -0.2) is 9.97 Å². The Morgan fingerprint density at radius 2 is 0.622 bits per heavy atom. The van der Waals surface area contributed by atoms with Crippen LogP contribution >= 0.6 is 0 Å². The maximum Gasteiger partial charge on any atom is 2.00 e. The monoisotopic (exact) mass is 1000 g/mol. The molecule has 0 aliphatic carbocycles.